The van der Waals surface area contributed by atoms with Crippen molar-refractivity contribution in [2.75, 3.05) is 20.1 Å². The van der Waals surface area contributed by atoms with Gasteiger partial charge in [0.15, 0.2) is 0 Å². The number of nitrogens with zero attached hydrogens (tertiary/aromatic N) is 1. The average molecular weight is 214 g/mol. The van der Waals surface area contributed by atoms with Gasteiger partial charge in [-0.3, -0.25) is 0 Å². The minimum Gasteiger partial charge on any atom is -0.317 e. The molecule has 15 heavy (non-hydrogen) atoms. The summed E-state index contributed by atoms with van der Waals surface area (Å²) in [5.74, 6) is 0. The molecule has 0 amide bonds. The van der Waals surface area contributed by atoms with Crippen LogP contribution in [-0.4, -0.2) is 37.1 Å². The number of hydrogen-bond donors (Lipinski definition) is 1. The lowest BCUT2D eigenvalue weighted by molar-refractivity contribution is 0.181. The zero-order valence-electron chi connectivity index (χ0n) is 11.3. The van der Waals surface area contributed by atoms with Gasteiger partial charge in [0, 0.05) is 12.1 Å². The number of rotatable bonds is 9. The van der Waals surface area contributed by atoms with E-state index in [4.69, 9.17) is 0 Å². The Balaban J connectivity index is 3.50. The molecule has 0 heterocycles. The highest BCUT2D eigenvalue weighted by atomic mass is 15.1. The van der Waals surface area contributed by atoms with Gasteiger partial charge in [0.25, 0.3) is 0 Å². The van der Waals surface area contributed by atoms with Crippen LogP contribution in [0.15, 0.2) is 0 Å². The minimum atomic E-state index is 0.711. The average Bonchev–Trinajstić information content (AvgIpc) is 2.26. The molecule has 92 valence electrons. The smallest absolute Gasteiger partial charge is 0.00671 e. The molecule has 0 aliphatic carbocycles. The summed E-state index contributed by atoms with van der Waals surface area (Å²) in [6.07, 6.45) is 5.08. The molecule has 0 aromatic heterocycles. The van der Waals surface area contributed by atoms with Crippen molar-refractivity contribution in [3.05, 3.63) is 0 Å². The first-order chi connectivity index (χ1) is 7.13. The summed E-state index contributed by atoms with van der Waals surface area (Å²) in [5, 5.41) is 3.45. The SMILES string of the molecule is CCCNCCCC(C)N(C)C(C)CC. The van der Waals surface area contributed by atoms with Crippen LogP contribution >= 0.6 is 0 Å². The van der Waals surface area contributed by atoms with E-state index in [0.717, 1.165) is 6.54 Å². The first-order valence-corrected chi connectivity index (χ1v) is 6.56. The maximum absolute atomic E-state index is 3.45. The lowest BCUT2D eigenvalue weighted by Gasteiger charge is -2.30. The van der Waals surface area contributed by atoms with Crippen LogP contribution < -0.4 is 5.32 Å². The molecule has 0 fully saturated rings. The Labute approximate surface area is 96.4 Å². The van der Waals surface area contributed by atoms with Crippen molar-refractivity contribution in [2.45, 2.75) is 65.5 Å². The maximum Gasteiger partial charge on any atom is 0.00671 e. The van der Waals surface area contributed by atoms with Crippen LogP contribution in [0.3, 0.4) is 0 Å². The highest BCUT2D eigenvalue weighted by Crippen LogP contribution is 2.09. The standard InChI is InChI=1S/C13H30N2/c1-6-10-14-11-8-9-13(4)15(5)12(3)7-2/h12-14H,6-11H2,1-5H3. The molecule has 1 N–H and O–H groups in total. The van der Waals surface area contributed by atoms with E-state index in [1.54, 1.807) is 0 Å². The van der Waals surface area contributed by atoms with E-state index < -0.39 is 0 Å². The monoisotopic (exact) mass is 214 g/mol. The molecule has 0 aromatic carbocycles. The van der Waals surface area contributed by atoms with Gasteiger partial charge in [0.05, 0.1) is 0 Å². The van der Waals surface area contributed by atoms with Crippen molar-refractivity contribution >= 4 is 0 Å². The summed E-state index contributed by atoms with van der Waals surface area (Å²) >= 11 is 0. The number of nitrogens with one attached hydrogen (secondary N) is 1. The largest absolute Gasteiger partial charge is 0.317 e. The molecule has 2 atom stereocenters. The van der Waals surface area contributed by atoms with Gasteiger partial charge in [-0.05, 0) is 59.7 Å². The Morgan fingerprint density at radius 2 is 1.73 bits per heavy atom. The molecule has 0 bridgehead atoms. The molecule has 0 aromatic rings. The summed E-state index contributed by atoms with van der Waals surface area (Å²) < 4.78 is 0. The summed E-state index contributed by atoms with van der Waals surface area (Å²) in [5.41, 5.74) is 0. The Morgan fingerprint density at radius 3 is 2.27 bits per heavy atom. The van der Waals surface area contributed by atoms with E-state index >= 15 is 0 Å². The van der Waals surface area contributed by atoms with Crippen LogP contribution in [0.5, 0.6) is 0 Å². The molecule has 2 unspecified atom stereocenters. The van der Waals surface area contributed by atoms with Gasteiger partial charge in [-0.2, -0.15) is 0 Å². The van der Waals surface area contributed by atoms with Crippen LogP contribution in [0.4, 0.5) is 0 Å². The van der Waals surface area contributed by atoms with Crippen molar-refractivity contribution in [3.63, 3.8) is 0 Å². The summed E-state index contributed by atoms with van der Waals surface area (Å²) in [4.78, 5) is 2.50. The van der Waals surface area contributed by atoms with Gasteiger partial charge < -0.3 is 10.2 Å². The summed E-state index contributed by atoms with van der Waals surface area (Å²) in [7, 11) is 2.25. The van der Waals surface area contributed by atoms with Gasteiger partial charge in [-0.15, -0.1) is 0 Å². The third-order valence-corrected chi connectivity index (χ3v) is 3.38. The fourth-order valence-electron chi connectivity index (χ4n) is 1.75. The van der Waals surface area contributed by atoms with Gasteiger partial charge in [0.2, 0.25) is 0 Å². The van der Waals surface area contributed by atoms with E-state index in [-0.39, 0.29) is 0 Å². The zero-order chi connectivity index (χ0) is 11.7. The van der Waals surface area contributed by atoms with E-state index in [2.05, 4.69) is 45.0 Å². The van der Waals surface area contributed by atoms with Crippen LogP contribution in [-0.2, 0) is 0 Å². The molecule has 0 radical (unpaired) electrons. The highest BCUT2D eigenvalue weighted by molar-refractivity contribution is 4.69. The van der Waals surface area contributed by atoms with Gasteiger partial charge in [-0.1, -0.05) is 13.8 Å². The fraction of sp³-hybridized carbons (Fsp3) is 1.00. The lowest BCUT2D eigenvalue weighted by atomic mass is 10.1. The first-order valence-electron chi connectivity index (χ1n) is 6.56. The van der Waals surface area contributed by atoms with E-state index in [9.17, 15) is 0 Å². The quantitative estimate of drug-likeness (QED) is 0.594. The molecule has 0 aliphatic rings. The topological polar surface area (TPSA) is 15.3 Å². The fourth-order valence-corrected chi connectivity index (χ4v) is 1.75. The summed E-state index contributed by atoms with van der Waals surface area (Å²) in [6.45, 7) is 11.5. The number of hydrogen-bond acceptors (Lipinski definition) is 2. The van der Waals surface area contributed by atoms with Crippen LogP contribution in [0.2, 0.25) is 0 Å². The normalized spacial score (nSPS) is 15.6. The molecular formula is C13H30N2. The molecule has 2 heteroatoms. The second kappa shape index (κ2) is 9.17. The van der Waals surface area contributed by atoms with E-state index in [0.29, 0.717) is 12.1 Å². The summed E-state index contributed by atoms with van der Waals surface area (Å²) in [6, 6.07) is 1.42. The van der Waals surface area contributed by atoms with Crippen LogP contribution in [0.1, 0.15) is 53.4 Å². The Bertz CT molecular complexity index is 136. The predicted octanol–water partition coefficient (Wildman–Crippen LogP) is 2.89. The van der Waals surface area contributed by atoms with E-state index in [1.807, 2.05) is 0 Å². The highest BCUT2D eigenvalue weighted by Gasteiger charge is 2.13. The van der Waals surface area contributed by atoms with Crippen LogP contribution in [0, 0.1) is 0 Å². The molecule has 0 aliphatic heterocycles. The Kier molecular flexibility index (Phi) is 9.12. The van der Waals surface area contributed by atoms with Gasteiger partial charge in [-0.25, -0.2) is 0 Å². The molecule has 0 saturated heterocycles. The molecule has 0 rings (SSSR count). The van der Waals surface area contributed by atoms with E-state index in [1.165, 1.54) is 32.2 Å². The Hall–Kier alpha value is -0.0800. The maximum atomic E-state index is 3.45. The second-order valence-electron chi connectivity index (χ2n) is 4.66. The van der Waals surface area contributed by atoms with Gasteiger partial charge in [0.1, 0.15) is 0 Å². The minimum absolute atomic E-state index is 0.711. The molecule has 2 nitrogen and oxygen atoms in total. The van der Waals surface area contributed by atoms with Crippen molar-refractivity contribution in [1.29, 1.82) is 0 Å². The lowest BCUT2D eigenvalue weighted by Crippen LogP contribution is -2.36. The third-order valence-electron chi connectivity index (χ3n) is 3.38. The van der Waals surface area contributed by atoms with Gasteiger partial charge >= 0.3 is 0 Å². The van der Waals surface area contributed by atoms with Crippen molar-refractivity contribution in [2.24, 2.45) is 0 Å². The van der Waals surface area contributed by atoms with Crippen LogP contribution in [0.25, 0.3) is 0 Å². The van der Waals surface area contributed by atoms with Crippen molar-refractivity contribution < 1.29 is 0 Å². The van der Waals surface area contributed by atoms with Crippen molar-refractivity contribution in [3.8, 4) is 0 Å². The second-order valence-corrected chi connectivity index (χ2v) is 4.66. The predicted molar refractivity (Wildman–Crippen MR) is 69.4 cm³/mol. The third kappa shape index (κ3) is 6.91. The molecule has 0 saturated carbocycles. The zero-order valence-corrected chi connectivity index (χ0v) is 11.3. The molecular weight excluding hydrogens is 184 g/mol. The first kappa shape index (κ1) is 14.9. The Morgan fingerprint density at radius 1 is 1.07 bits per heavy atom. The molecule has 0 spiro atoms. The van der Waals surface area contributed by atoms with Crippen molar-refractivity contribution in [1.82, 2.24) is 10.2 Å².